The predicted molar refractivity (Wildman–Crippen MR) is 83.5 cm³/mol. The molecule has 2 aliphatic carbocycles. The molecule has 0 bridgehead atoms. The first-order valence-corrected chi connectivity index (χ1v) is 8.68. The number of hydrogen-bond acceptors (Lipinski definition) is 2. The van der Waals surface area contributed by atoms with Crippen LogP contribution in [0.25, 0.3) is 0 Å². The van der Waals surface area contributed by atoms with Gasteiger partial charge in [-0.15, -0.1) is 0 Å². The van der Waals surface area contributed by atoms with Crippen LogP contribution in [0.4, 0.5) is 0 Å². The van der Waals surface area contributed by atoms with Crippen molar-refractivity contribution in [3.05, 3.63) is 0 Å². The highest BCUT2D eigenvalue weighted by Crippen LogP contribution is 2.28. The Morgan fingerprint density at radius 2 is 1.42 bits per heavy atom. The molecule has 1 unspecified atom stereocenters. The third kappa shape index (κ3) is 4.75. The van der Waals surface area contributed by atoms with E-state index in [9.17, 15) is 0 Å². The summed E-state index contributed by atoms with van der Waals surface area (Å²) in [5, 5.41) is 3.62. The topological polar surface area (TPSA) is 15.3 Å². The number of likely N-dealkylation sites (N-methyl/N-ethyl adjacent to an activating group) is 2. The van der Waals surface area contributed by atoms with Crippen molar-refractivity contribution in [2.45, 2.75) is 82.7 Å². The molecule has 0 aromatic carbocycles. The molecule has 2 saturated carbocycles. The smallest absolute Gasteiger partial charge is 0.0220 e. The van der Waals surface area contributed by atoms with Crippen LogP contribution in [-0.2, 0) is 0 Å². The fourth-order valence-electron chi connectivity index (χ4n) is 4.17. The third-order valence-electron chi connectivity index (χ3n) is 5.52. The Kier molecular flexibility index (Phi) is 6.66. The van der Waals surface area contributed by atoms with Gasteiger partial charge in [0.05, 0.1) is 0 Å². The molecule has 2 nitrogen and oxygen atoms in total. The zero-order chi connectivity index (χ0) is 13.5. The molecule has 1 atom stereocenters. The van der Waals surface area contributed by atoms with E-state index in [0.29, 0.717) is 6.04 Å². The van der Waals surface area contributed by atoms with Gasteiger partial charge in [-0.25, -0.2) is 0 Å². The molecular formula is C17H34N2. The van der Waals surface area contributed by atoms with E-state index in [1.54, 1.807) is 0 Å². The zero-order valence-electron chi connectivity index (χ0n) is 13.2. The van der Waals surface area contributed by atoms with E-state index in [0.717, 1.165) is 12.0 Å². The van der Waals surface area contributed by atoms with Gasteiger partial charge in [0.25, 0.3) is 0 Å². The van der Waals surface area contributed by atoms with Crippen LogP contribution in [0.3, 0.4) is 0 Å². The van der Waals surface area contributed by atoms with Gasteiger partial charge in [0.1, 0.15) is 0 Å². The first-order chi connectivity index (χ1) is 9.31. The Morgan fingerprint density at radius 1 is 0.895 bits per heavy atom. The van der Waals surface area contributed by atoms with Gasteiger partial charge < -0.3 is 10.2 Å². The predicted octanol–water partition coefficient (Wildman–Crippen LogP) is 3.81. The van der Waals surface area contributed by atoms with Crippen LogP contribution in [-0.4, -0.2) is 37.6 Å². The van der Waals surface area contributed by atoms with Gasteiger partial charge >= 0.3 is 0 Å². The minimum Gasteiger partial charge on any atom is -0.315 e. The normalized spacial score (nSPS) is 25.4. The van der Waals surface area contributed by atoms with E-state index < -0.39 is 0 Å². The van der Waals surface area contributed by atoms with E-state index in [1.807, 2.05) is 0 Å². The van der Waals surface area contributed by atoms with Gasteiger partial charge in [-0.2, -0.15) is 0 Å². The highest BCUT2D eigenvalue weighted by atomic mass is 15.2. The summed E-state index contributed by atoms with van der Waals surface area (Å²) in [4.78, 5) is 2.67. The van der Waals surface area contributed by atoms with Crippen molar-refractivity contribution in [1.82, 2.24) is 10.2 Å². The van der Waals surface area contributed by atoms with Gasteiger partial charge in [-0.1, -0.05) is 44.9 Å². The Morgan fingerprint density at radius 3 is 2.00 bits per heavy atom. The van der Waals surface area contributed by atoms with Crippen LogP contribution in [0.2, 0.25) is 0 Å². The van der Waals surface area contributed by atoms with Gasteiger partial charge in [-0.05, 0) is 45.7 Å². The second-order valence-electron chi connectivity index (χ2n) is 6.88. The molecule has 2 fully saturated rings. The largest absolute Gasteiger partial charge is 0.315 e. The highest BCUT2D eigenvalue weighted by Gasteiger charge is 2.25. The fraction of sp³-hybridized carbons (Fsp3) is 1.00. The lowest BCUT2D eigenvalue weighted by Gasteiger charge is -2.36. The van der Waals surface area contributed by atoms with Crippen LogP contribution >= 0.6 is 0 Å². The average molecular weight is 266 g/mol. The molecule has 2 aliphatic rings. The lowest BCUT2D eigenvalue weighted by molar-refractivity contribution is 0.163. The van der Waals surface area contributed by atoms with Gasteiger partial charge in [0, 0.05) is 18.6 Å². The average Bonchev–Trinajstić information content (AvgIpc) is 2.74. The van der Waals surface area contributed by atoms with Crippen LogP contribution in [0.1, 0.15) is 70.6 Å². The lowest BCUT2D eigenvalue weighted by atomic mass is 9.83. The number of nitrogens with one attached hydrogen (secondary N) is 1. The zero-order valence-corrected chi connectivity index (χ0v) is 13.2. The maximum Gasteiger partial charge on any atom is 0.0220 e. The summed E-state index contributed by atoms with van der Waals surface area (Å²) in [5.41, 5.74) is 0. The second kappa shape index (κ2) is 8.26. The number of hydrogen-bond donors (Lipinski definition) is 1. The van der Waals surface area contributed by atoms with Crippen molar-refractivity contribution < 1.29 is 0 Å². The van der Waals surface area contributed by atoms with Gasteiger partial charge in [-0.3, -0.25) is 0 Å². The maximum absolute atomic E-state index is 3.62. The molecule has 19 heavy (non-hydrogen) atoms. The molecule has 0 heterocycles. The lowest BCUT2D eigenvalue weighted by Crippen LogP contribution is -2.46. The minimum atomic E-state index is 0.716. The maximum atomic E-state index is 3.62. The van der Waals surface area contributed by atoms with E-state index in [-0.39, 0.29) is 0 Å². The molecule has 2 rings (SSSR count). The van der Waals surface area contributed by atoms with E-state index in [1.165, 1.54) is 77.2 Å². The summed E-state index contributed by atoms with van der Waals surface area (Å²) in [6.45, 7) is 1.26. The molecule has 0 radical (unpaired) electrons. The molecular weight excluding hydrogens is 232 g/mol. The van der Waals surface area contributed by atoms with Crippen molar-refractivity contribution in [1.29, 1.82) is 0 Å². The van der Waals surface area contributed by atoms with Gasteiger partial charge in [0.15, 0.2) is 0 Å². The third-order valence-corrected chi connectivity index (χ3v) is 5.52. The Balaban J connectivity index is 1.81. The van der Waals surface area contributed by atoms with Gasteiger partial charge in [0.2, 0.25) is 0 Å². The van der Waals surface area contributed by atoms with Crippen LogP contribution in [0.5, 0.6) is 0 Å². The number of rotatable bonds is 5. The first kappa shape index (κ1) is 15.3. The quantitative estimate of drug-likeness (QED) is 0.761. The first-order valence-electron chi connectivity index (χ1n) is 8.68. The fourth-order valence-corrected chi connectivity index (χ4v) is 4.17. The standard InChI is InChI=1S/C17H34N2/c1-18-17(15-10-6-5-7-11-15)14-19(2)16-12-8-3-4-9-13-16/h15-18H,3-14H2,1-2H3. The molecule has 112 valence electrons. The second-order valence-corrected chi connectivity index (χ2v) is 6.88. The molecule has 0 amide bonds. The molecule has 0 spiro atoms. The summed E-state index contributed by atoms with van der Waals surface area (Å²) in [5.74, 6) is 0.923. The Hall–Kier alpha value is -0.0800. The molecule has 0 saturated heterocycles. The molecule has 2 heteroatoms. The van der Waals surface area contributed by atoms with Crippen molar-refractivity contribution >= 4 is 0 Å². The van der Waals surface area contributed by atoms with Crippen molar-refractivity contribution in [3.8, 4) is 0 Å². The van der Waals surface area contributed by atoms with Crippen LogP contribution in [0, 0.1) is 5.92 Å². The van der Waals surface area contributed by atoms with Crippen molar-refractivity contribution in [2.24, 2.45) is 5.92 Å². The summed E-state index contributed by atoms with van der Waals surface area (Å²) < 4.78 is 0. The Bertz CT molecular complexity index is 227. The SMILES string of the molecule is CNC(CN(C)C1CCCCCC1)C1CCCCC1. The van der Waals surface area contributed by atoms with Crippen LogP contribution < -0.4 is 5.32 Å². The van der Waals surface area contributed by atoms with Crippen LogP contribution in [0.15, 0.2) is 0 Å². The minimum absolute atomic E-state index is 0.716. The summed E-state index contributed by atoms with van der Waals surface area (Å²) in [6, 6.07) is 1.57. The summed E-state index contributed by atoms with van der Waals surface area (Å²) in [6.07, 6.45) is 15.9. The summed E-state index contributed by atoms with van der Waals surface area (Å²) in [7, 11) is 4.53. The summed E-state index contributed by atoms with van der Waals surface area (Å²) >= 11 is 0. The molecule has 1 N–H and O–H groups in total. The van der Waals surface area contributed by atoms with E-state index in [2.05, 4.69) is 24.3 Å². The molecule has 0 aromatic heterocycles. The Labute approximate surface area is 120 Å². The van der Waals surface area contributed by atoms with Crippen molar-refractivity contribution in [2.75, 3.05) is 20.6 Å². The van der Waals surface area contributed by atoms with Crippen molar-refractivity contribution in [3.63, 3.8) is 0 Å². The molecule has 0 aliphatic heterocycles. The molecule has 0 aromatic rings. The van der Waals surface area contributed by atoms with E-state index >= 15 is 0 Å². The van der Waals surface area contributed by atoms with E-state index in [4.69, 9.17) is 0 Å². The monoisotopic (exact) mass is 266 g/mol. The highest BCUT2D eigenvalue weighted by molar-refractivity contribution is 4.83. The number of nitrogens with zero attached hydrogens (tertiary/aromatic N) is 1.